The lowest BCUT2D eigenvalue weighted by atomic mass is 9.94. The summed E-state index contributed by atoms with van der Waals surface area (Å²) in [5, 5.41) is 10.6. The van der Waals surface area contributed by atoms with E-state index in [4.69, 9.17) is 0 Å². The monoisotopic (exact) mass is 265 g/mol. The van der Waals surface area contributed by atoms with Crippen LogP contribution in [0.25, 0.3) is 0 Å². The Morgan fingerprint density at radius 3 is 2.47 bits per heavy atom. The molecular weight excluding hydrogens is 250 g/mol. The van der Waals surface area contributed by atoms with Crippen molar-refractivity contribution in [1.29, 1.82) is 0 Å². The molecule has 0 aliphatic carbocycles. The fourth-order valence-corrected chi connectivity index (χ4v) is 1.71. The Morgan fingerprint density at radius 1 is 1.32 bits per heavy atom. The minimum absolute atomic E-state index is 0.0156. The van der Waals surface area contributed by atoms with Crippen molar-refractivity contribution in [2.24, 2.45) is 0 Å². The average Bonchev–Trinajstić information content (AvgIpc) is 2.36. The van der Waals surface area contributed by atoms with Crippen LogP contribution in [0.5, 0.6) is 0 Å². The average molecular weight is 265 g/mol. The molecule has 0 amide bonds. The fraction of sp³-hybridized carbons (Fsp3) is 0.385. The Hall–Kier alpha value is -2.24. The van der Waals surface area contributed by atoms with Crippen LogP contribution in [0.2, 0.25) is 0 Å². The highest BCUT2D eigenvalue weighted by molar-refractivity contribution is 5.82. The number of ketones is 1. The summed E-state index contributed by atoms with van der Waals surface area (Å²) in [4.78, 5) is 32.4. The van der Waals surface area contributed by atoms with Crippen LogP contribution in [0, 0.1) is 10.1 Å². The van der Waals surface area contributed by atoms with Crippen LogP contribution in [0.3, 0.4) is 0 Å². The van der Waals surface area contributed by atoms with Gasteiger partial charge in [-0.25, -0.2) is 0 Å². The molecule has 0 fully saturated rings. The van der Waals surface area contributed by atoms with Gasteiger partial charge in [-0.3, -0.25) is 19.7 Å². The van der Waals surface area contributed by atoms with Crippen LogP contribution in [-0.2, 0) is 14.3 Å². The predicted octanol–water partition coefficient (Wildman–Crippen LogP) is 1.57. The summed E-state index contributed by atoms with van der Waals surface area (Å²) >= 11 is 0. The van der Waals surface area contributed by atoms with Crippen LogP contribution in [0.15, 0.2) is 30.3 Å². The predicted molar refractivity (Wildman–Crippen MR) is 67.3 cm³/mol. The van der Waals surface area contributed by atoms with Gasteiger partial charge in [0.05, 0.1) is 5.92 Å². The number of hydrogen-bond acceptors (Lipinski definition) is 5. The van der Waals surface area contributed by atoms with Gasteiger partial charge in [0, 0.05) is 18.3 Å². The van der Waals surface area contributed by atoms with Gasteiger partial charge in [0.1, 0.15) is 6.61 Å². The Balaban J connectivity index is 2.67. The van der Waals surface area contributed by atoms with Gasteiger partial charge < -0.3 is 4.74 Å². The number of ether oxygens (including phenoxy) is 1. The highest BCUT2D eigenvalue weighted by atomic mass is 16.6. The first-order valence-corrected chi connectivity index (χ1v) is 5.81. The van der Waals surface area contributed by atoms with Gasteiger partial charge in [-0.1, -0.05) is 30.3 Å². The van der Waals surface area contributed by atoms with Gasteiger partial charge in [0.2, 0.25) is 6.54 Å². The third-order valence-electron chi connectivity index (χ3n) is 2.55. The normalized spacial score (nSPS) is 11.6. The van der Waals surface area contributed by atoms with Crippen molar-refractivity contribution in [2.75, 3.05) is 13.2 Å². The van der Waals surface area contributed by atoms with Crippen LogP contribution in [-0.4, -0.2) is 29.8 Å². The van der Waals surface area contributed by atoms with Crippen molar-refractivity contribution in [1.82, 2.24) is 0 Å². The van der Waals surface area contributed by atoms with E-state index in [1.807, 2.05) is 0 Å². The summed E-state index contributed by atoms with van der Waals surface area (Å²) < 4.78 is 4.59. The van der Waals surface area contributed by atoms with E-state index in [1.165, 1.54) is 6.92 Å². The summed E-state index contributed by atoms with van der Waals surface area (Å²) in [5.74, 6) is -1.37. The molecule has 0 aliphatic rings. The Kier molecular flexibility index (Phi) is 5.66. The van der Waals surface area contributed by atoms with Gasteiger partial charge in [-0.05, 0) is 5.56 Å². The van der Waals surface area contributed by atoms with E-state index < -0.39 is 16.8 Å². The maximum atomic E-state index is 11.6. The molecule has 0 heterocycles. The van der Waals surface area contributed by atoms with E-state index in [0.717, 1.165) is 5.56 Å². The molecule has 0 spiro atoms. The third kappa shape index (κ3) is 5.76. The second-order valence-corrected chi connectivity index (χ2v) is 4.15. The lowest BCUT2D eigenvalue weighted by Crippen LogP contribution is -2.20. The molecular formula is C13H15NO5. The number of benzene rings is 1. The number of carbonyl (C=O) groups excluding carboxylic acids is 2. The molecule has 0 saturated carbocycles. The first kappa shape index (κ1) is 14.8. The number of nitrogens with zero attached hydrogens (tertiary/aromatic N) is 1. The molecule has 0 radical (unpaired) electrons. The molecule has 0 bridgehead atoms. The highest BCUT2D eigenvalue weighted by Gasteiger charge is 2.21. The largest absolute Gasteiger partial charge is 0.458 e. The van der Waals surface area contributed by atoms with E-state index in [-0.39, 0.29) is 25.4 Å². The molecule has 1 atom stereocenters. The second kappa shape index (κ2) is 7.25. The molecule has 0 saturated heterocycles. The summed E-state index contributed by atoms with van der Waals surface area (Å²) in [5.41, 5.74) is 0.732. The maximum absolute atomic E-state index is 11.6. The standard InChI is InChI=1S/C13H15NO5/c1-10(15)19-9-13(16)7-12(8-14(17)18)11-5-3-2-4-6-11/h2-6,12H,7-9H2,1H3/t12-/m1/s1. The van der Waals surface area contributed by atoms with Crippen molar-refractivity contribution < 1.29 is 19.2 Å². The minimum atomic E-state index is -0.543. The van der Waals surface area contributed by atoms with E-state index in [1.54, 1.807) is 30.3 Å². The molecule has 0 N–H and O–H groups in total. The Morgan fingerprint density at radius 2 is 1.95 bits per heavy atom. The second-order valence-electron chi connectivity index (χ2n) is 4.15. The minimum Gasteiger partial charge on any atom is -0.458 e. The van der Waals surface area contributed by atoms with Crippen LogP contribution < -0.4 is 0 Å². The molecule has 102 valence electrons. The summed E-state index contributed by atoms with van der Waals surface area (Å²) in [6, 6.07) is 8.81. The first-order chi connectivity index (χ1) is 8.99. The third-order valence-corrected chi connectivity index (χ3v) is 2.55. The van der Waals surface area contributed by atoms with E-state index >= 15 is 0 Å². The maximum Gasteiger partial charge on any atom is 0.303 e. The first-order valence-electron chi connectivity index (χ1n) is 5.81. The van der Waals surface area contributed by atoms with E-state index in [2.05, 4.69) is 4.74 Å². The van der Waals surface area contributed by atoms with Gasteiger partial charge >= 0.3 is 5.97 Å². The zero-order chi connectivity index (χ0) is 14.3. The summed E-state index contributed by atoms with van der Waals surface area (Å²) in [6.45, 7) is 0.547. The van der Waals surface area contributed by atoms with E-state index in [0.29, 0.717) is 0 Å². The topological polar surface area (TPSA) is 86.5 Å². The zero-order valence-electron chi connectivity index (χ0n) is 10.6. The molecule has 0 aliphatic heterocycles. The lowest BCUT2D eigenvalue weighted by molar-refractivity contribution is -0.483. The summed E-state index contributed by atoms with van der Waals surface area (Å²) in [7, 11) is 0. The number of rotatable bonds is 7. The molecule has 0 unspecified atom stereocenters. The van der Waals surface area contributed by atoms with Crippen LogP contribution >= 0.6 is 0 Å². The van der Waals surface area contributed by atoms with Crippen molar-refractivity contribution >= 4 is 11.8 Å². The Labute approximate surface area is 110 Å². The number of carbonyl (C=O) groups is 2. The van der Waals surface area contributed by atoms with E-state index in [9.17, 15) is 19.7 Å². The fourth-order valence-electron chi connectivity index (χ4n) is 1.71. The number of Topliss-reactive ketones (excluding diaryl/α,β-unsaturated/α-hetero) is 1. The summed E-state index contributed by atoms with van der Waals surface area (Å²) in [6.07, 6.45) is -0.0156. The Bertz CT molecular complexity index is 457. The van der Waals surface area contributed by atoms with Crippen molar-refractivity contribution in [3.05, 3.63) is 46.0 Å². The molecule has 6 nitrogen and oxygen atoms in total. The molecule has 0 aromatic heterocycles. The number of hydrogen-bond donors (Lipinski definition) is 0. The number of esters is 1. The van der Waals surface area contributed by atoms with Crippen molar-refractivity contribution in [3.63, 3.8) is 0 Å². The molecule has 19 heavy (non-hydrogen) atoms. The molecule has 1 aromatic carbocycles. The highest BCUT2D eigenvalue weighted by Crippen LogP contribution is 2.20. The van der Waals surface area contributed by atoms with Gasteiger partial charge in [-0.15, -0.1) is 0 Å². The zero-order valence-corrected chi connectivity index (χ0v) is 10.6. The van der Waals surface area contributed by atoms with Crippen LogP contribution in [0.4, 0.5) is 0 Å². The number of nitro groups is 1. The van der Waals surface area contributed by atoms with Gasteiger partial charge in [-0.2, -0.15) is 0 Å². The lowest BCUT2D eigenvalue weighted by Gasteiger charge is -2.12. The van der Waals surface area contributed by atoms with Crippen molar-refractivity contribution in [3.8, 4) is 0 Å². The molecule has 6 heteroatoms. The van der Waals surface area contributed by atoms with Gasteiger partial charge in [0.15, 0.2) is 5.78 Å². The van der Waals surface area contributed by atoms with Crippen LogP contribution in [0.1, 0.15) is 24.8 Å². The SMILES string of the molecule is CC(=O)OCC(=O)C[C@H](C[N+](=O)[O-])c1ccccc1. The quantitative estimate of drug-likeness (QED) is 0.424. The van der Waals surface area contributed by atoms with Gasteiger partial charge in [0.25, 0.3) is 0 Å². The molecule has 1 rings (SSSR count). The molecule has 1 aromatic rings. The van der Waals surface area contributed by atoms with Crippen molar-refractivity contribution in [2.45, 2.75) is 19.3 Å². The smallest absolute Gasteiger partial charge is 0.303 e.